The van der Waals surface area contributed by atoms with Gasteiger partial charge in [0, 0.05) is 25.2 Å². The fourth-order valence-corrected chi connectivity index (χ4v) is 2.98. The predicted octanol–water partition coefficient (Wildman–Crippen LogP) is 3.21. The van der Waals surface area contributed by atoms with Crippen LogP contribution in [0, 0.1) is 16.0 Å². The van der Waals surface area contributed by atoms with E-state index in [1.807, 2.05) is 0 Å². The van der Waals surface area contributed by atoms with Crippen molar-refractivity contribution in [2.45, 2.75) is 25.7 Å². The van der Waals surface area contributed by atoms with Gasteiger partial charge < -0.3 is 10.6 Å². The monoisotopic (exact) mass is 311 g/mol. The third-order valence-corrected chi connectivity index (χ3v) is 4.10. The summed E-state index contributed by atoms with van der Waals surface area (Å²) in [6, 6.07) is 2.70. The highest BCUT2D eigenvalue weighted by atomic mass is 35.5. The molecular weight excluding hydrogens is 294 g/mol. The highest BCUT2D eigenvalue weighted by Crippen LogP contribution is 2.33. The van der Waals surface area contributed by atoms with Gasteiger partial charge in [0.1, 0.15) is 5.69 Å². The van der Waals surface area contributed by atoms with Crippen LogP contribution in [0.4, 0.5) is 11.4 Å². The quantitative estimate of drug-likeness (QED) is 0.646. The maximum absolute atomic E-state index is 12.1. The molecule has 0 heterocycles. The van der Waals surface area contributed by atoms with Crippen LogP contribution in [0.3, 0.4) is 0 Å². The molecule has 1 aliphatic carbocycles. The summed E-state index contributed by atoms with van der Waals surface area (Å²) in [6.45, 7) is 0.609. The minimum atomic E-state index is -0.550. The van der Waals surface area contributed by atoms with Crippen molar-refractivity contribution in [2.24, 2.45) is 5.92 Å². The number of carbonyl (C=O) groups excluding carboxylic acids is 1. The normalized spacial score (nSPS) is 15.0. The molecule has 0 aliphatic heterocycles. The molecule has 21 heavy (non-hydrogen) atoms. The zero-order valence-electron chi connectivity index (χ0n) is 11.8. The maximum atomic E-state index is 12.1. The molecule has 0 atom stereocenters. The first-order valence-corrected chi connectivity index (χ1v) is 7.34. The van der Waals surface area contributed by atoms with Gasteiger partial charge in [0.25, 0.3) is 11.6 Å². The standard InChI is InChI=1S/C14H18ClN3O3/c1-16-13-11(15)6-10(7-12(13)18(20)21)14(19)17-8-9-4-2-3-5-9/h6-7,9,16H,2-5,8H2,1H3,(H,17,19). The van der Waals surface area contributed by atoms with Gasteiger partial charge in [-0.1, -0.05) is 24.4 Å². The highest BCUT2D eigenvalue weighted by Gasteiger charge is 2.21. The second kappa shape index (κ2) is 6.76. The first kappa shape index (κ1) is 15.6. The van der Waals surface area contributed by atoms with E-state index in [9.17, 15) is 14.9 Å². The molecule has 1 fully saturated rings. The smallest absolute Gasteiger partial charge is 0.294 e. The Kier molecular flexibility index (Phi) is 5.01. The highest BCUT2D eigenvalue weighted by molar-refractivity contribution is 6.34. The molecule has 1 saturated carbocycles. The fraction of sp³-hybridized carbons (Fsp3) is 0.500. The second-order valence-electron chi connectivity index (χ2n) is 5.22. The maximum Gasteiger partial charge on any atom is 0.294 e. The van der Waals surface area contributed by atoms with E-state index in [0.717, 1.165) is 12.8 Å². The van der Waals surface area contributed by atoms with Gasteiger partial charge in [-0.3, -0.25) is 14.9 Å². The van der Waals surface area contributed by atoms with Crippen LogP contribution in [0.1, 0.15) is 36.0 Å². The molecular formula is C14H18ClN3O3. The van der Waals surface area contributed by atoms with E-state index in [1.54, 1.807) is 7.05 Å². The molecule has 1 aromatic rings. The number of nitro groups is 1. The van der Waals surface area contributed by atoms with Crippen molar-refractivity contribution in [3.63, 3.8) is 0 Å². The van der Waals surface area contributed by atoms with Crippen molar-refractivity contribution in [3.8, 4) is 0 Å². The average Bonchev–Trinajstić information content (AvgIpc) is 2.96. The van der Waals surface area contributed by atoms with Crippen molar-refractivity contribution >= 4 is 28.9 Å². The molecule has 0 bridgehead atoms. The summed E-state index contributed by atoms with van der Waals surface area (Å²) in [7, 11) is 1.55. The van der Waals surface area contributed by atoms with Gasteiger partial charge in [0.15, 0.2) is 0 Å². The van der Waals surface area contributed by atoms with Gasteiger partial charge in [0.2, 0.25) is 0 Å². The lowest BCUT2D eigenvalue weighted by atomic mass is 10.1. The van der Waals surface area contributed by atoms with Crippen LogP contribution in [0.15, 0.2) is 12.1 Å². The molecule has 6 nitrogen and oxygen atoms in total. The Labute approximate surface area is 128 Å². The Morgan fingerprint density at radius 1 is 1.43 bits per heavy atom. The molecule has 1 aromatic carbocycles. The second-order valence-corrected chi connectivity index (χ2v) is 5.63. The van der Waals surface area contributed by atoms with E-state index in [1.165, 1.54) is 25.0 Å². The van der Waals surface area contributed by atoms with Crippen molar-refractivity contribution in [1.82, 2.24) is 5.32 Å². The van der Waals surface area contributed by atoms with E-state index in [4.69, 9.17) is 11.6 Å². The van der Waals surface area contributed by atoms with Crippen LogP contribution in [0.25, 0.3) is 0 Å². The lowest BCUT2D eigenvalue weighted by Gasteiger charge is -2.12. The summed E-state index contributed by atoms with van der Waals surface area (Å²) in [5.74, 6) is 0.186. The van der Waals surface area contributed by atoms with Gasteiger partial charge in [-0.2, -0.15) is 0 Å². The zero-order chi connectivity index (χ0) is 15.4. The molecule has 1 aliphatic rings. The molecule has 0 unspecified atom stereocenters. The van der Waals surface area contributed by atoms with Crippen molar-refractivity contribution in [3.05, 3.63) is 32.8 Å². The molecule has 0 saturated heterocycles. The van der Waals surface area contributed by atoms with Gasteiger partial charge in [-0.15, -0.1) is 0 Å². The van der Waals surface area contributed by atoms with Gasteiger partial charge in [-0.05, 0) is 24.8 Å². The fourth-order valence-electron chi connectivity index (χ4n) is 2.67. The molecule has 0 spiro atoms. The largest absolute Gasteiger partial charge is 0.381 e. The lowest BCUT2D eigenvalue weighted by Crippen LogP contribution is -2.28. The van der Waals surface area contributed by atoms with Crippen molar-refractivity contribution in [1.29, 1.82) is 0 Å². The van der Waals surface area contributed by atoms with Crippen LogP contribution in [-0.2, 0) is 0 Å². The summed E-state index contributed by atoms with van der Waals surface area (Å²) in [6.07, 6.45) is 4.66. The number of amides is 1. The molecule has 114 valence electrons. The van der Waals surface area contributed by atoms with E-state index in [2.05, 4.69) is 10.6 Å². The first-order chi connectivity index (χ1) is 10.0. The van der Waals surface area contributed by atoms with Crippen LogP contribution in [0.2, 0.25) is 5.02 Å². The van der Waals surface area contributed by atoms with Gasteiger partial charge in [-0.25, -0.2) is 0 Å². The molecule has 2 N–H and O–H groups in total. The van der Waals surface area contributed by atoms with E-state index >= 15 is 0 Å². The number of nitro benzene ring substituents is 1. The molecule has 0 aromatic heterocycles. The Bertz CT molecular complexity index is 557. The zero-order valence-corrected chi connectivity index (χ0v) is 12.6. The Hall–Kier alpha value is -1.82. The van der Waals surface area contributed by atoms with E-state index in [0.29, 0.717) is 12.5 Å². The summed E-state index contributed by atoms with van der Waals surface area (Å²) < 4.78 is 0. The Morgan fingerprint density at radius 2 is 2.10 bits per heavy atom. The summed E-state index contributed by atoms with van der Waals surface area (Å²) >= 11 is 6.00. The van der Waals surface area contributed by atoms with Crippen LogP contribution in [-0.4, -0.2) is 24.4 Å². The molecule has 1 amide bonds. The Balaban J connectivity index is 2.14. The SMILES string of the molecule is CNc1c(Cl)cc(C(=O)NCC2CCCC2)cc1[N+](=O)[O-]. The van der Waals surface area contributed by atoms with Crippen molar-refractivity contribution in [2.75, 3.05) is 18.9 Å². The number of anilines is 1. The number of carbonyl (C=O) groups is 1. The Morgan fingerprint density at radius 3 is 2.67 bits per heavy atom. The topological polar surface area (TPSA) is 84.3 Å². The van der Waals surface area contributed by atoms with Gasteiger partial charge >= 0.3 is 0 Å². The number of nitrogens with one attached hydrogen (secondary N) is 2. The van der Waals surface area contributed by atoms with Crippen LogP contribution < -0.4 is 10.6 Å². The molecule has 7 heteroatoms. The number of hydrogen-bond acceptors (Lipinski definition) is 4. The third-order valence-electron chi connectivity index (χ3n) is 3.80. The summed E-state index contributed by atoms with van der Waals surface area (Å²) in [5, 5.41) is 16.7. The summed E-state index contributed by atoms with van der Waals surface area (Å²) in [5.41, 5.74) is 0.230. The predicted molar refractivity (Wildman–Crippen MR) is 81.9 cm³/mol. The molecule has 0 radical (unpaired) electrons. The van der Waals surface area contributed by atoms with Gasteiger partial charge in [0.05, 0.1) is 9.95 Å². The number of nitrogens with zero attached hydrogens (tertiary/aromatic N) is 1. The number of rotatable bonds is 5. The number of halogens is 1. The number of benzene rings is 1. The minimum absolute atomic E-state index is 0.165. The van der Waals surface area contributed by atoms with Crippen LogP contribution in [0.5, 0.6) is 0 Å². The first-order valence-electron chi connectivity index (χ1n) is 6.96. The third kappa shape index (κ3) is 3.64. The van der Waals surface area contributed by atoms with E-state index in [-0.39, 0.29) is 27.9 Å². The lowest BCUT2D eigenvalue weighted by molar-refractivity contribution is -0.383. The average molecular weight is 312 g/mol. The van der Waals surface area contributed by atoms with Crippen LogP contribution >= 0.6 is 11.6 Å². The van der Waals surface area contributed by atoms with E-state index < -0.39 is 4.92 Å². The summed E-state index contributed by atoms with van der Waals surface area (Å²) in [4.78, 5) is 22.6. The minimum Gasteiger partial charge on any atom is -0.381 e. The molecule has 2 rings (SSSR count). The van der Waals surface area contributed by atoms with Crippen molar-refractivity contribution < 1.29 is 9.72 Å². The number of hydrogen-bond donors (Lipinski definition) is 2.